The molecule has 2 aromatic rings. The summed E-state index contributed by atoms with van der Waals surface area (Å²) in [5.41, 5.74) is 2.56. The van der Waals surface area contributed by atoms with Gasteiger partial charge < -0.3 is 15.5 Å². The molecule has 0 saturated carbocycles. The van der Waals surface area contributed by atoms with Crippen molar-refractivity contribution in [3.05, 3.63) is 46.3 Å². The number of anilines is 2. The Morgan fingerprint density at radius 2 is 1.86 bits per heavy atom. The number of hydrogen-bond donors (Lipinski definition) is 3. The minimum absolute atomic E-state index is 0.0123. The Bertz CT molecular complexity index is 854. The molecule has 2 amide bonds. The number of amides is 2. The van der Waals surface area contributed by atoms with E-state index in [1.54, 1.807) is 11.3 Å². The van der Waals surface area contributed by atoms with E-state index >= 15 is 0 Å². The quantitative estimate of drug-likeness (QED) is 0.725. The third-order valence-electron chi connectivity index (χ3n) is 5.82. The highest BCUT2D eigenvalue weighted by molar-refractivity contribution is 7.17. The summed E-state index contributed by atoms with van der Waals surface area (Å²) in [6.07, 6.45) is 5.35. The number of rotatable bonds is 5. The standard InChI is InChI=1S/C22H27N3O2S/c1-15-10-12-25(13-11-15)14-19(26)24-22-20(17-8-5-9-18(17)28-22)21(27)23-16-6-3-2-4-7-16/h2-4,6-7,15H,5,8-14H2,1H3,(H,23,27)(H,24,26)/p+1. The van der Waals surface area contributed by atoms with Crippen molar-refractivity contribution < 1.29 is 14.5 Å². The molecule has 0 unspecified atom stereocenters. The number of carbonyl (C=O) groups is 2. The van der Waals surface area contributed by atoms with Crippen LogP contribution in [-0.2, 0) is 17.6 Å². The number of para-hydroxylation sites is 1. The van der Waals surface area contributed by atoms with E-state index in [1.165, 1.54) is 22.6 Å². The van der Waals surface area contributed by atoms with Gasteiger partial charge in [0, 0.05) is 10.6 Å². The number of benzene rings is 1. The van der Waals surface area contributed by atoms with Gasteiger partial charge in [0.25, 0.3) is 11.8 Å². The number of aryl methyl sites for hydroxylation is 1. The summed E-state index contributed by atoms with van der Waals surface area (Å²) in [6.45, 7) is 4.87. The number of piperidine rings is 1. The first-order chi connectivity index (χ1) is 13.6. The molecular formula is C22H28N3O2S+. The van der Waals surface area contributed by atoms with Crippen molar-refractivity contribution in [2.24, 2.45) is 5.92 Å². The summed E-state index contributed by atoms with van der Waals surface area (Å²) < 4.78 is 0. The zero-order valence-electron chi connectivity index (χ0n) is 16.3. The molecule has 1 aliphatic heterocycles. The summed E-state index contributed by atoms with van der Waals surface area (Å²) >= 11 is 1.58. The highest BCUT2D eigenvalue weighted by Gasteiger charge is 2.28. The third-order valence-corrected chi connectivity index (χ3v) is 7.03. The van der Waals surface area contributed by atoms with Gasteiger partial charge in [-0.25, -0.2) is 0 Å². The van der Waals surface area contributed by atoms with Gasteiger partial charge in [-0.3, -0.25) is 9.59 Å². The van der Waals surface area contributed by atoms with E-state index in [0.29, 0.717) is 17.1 Å². The fourth-order valence-corrected chi connectivity index (χ4v) is 5.50. The minimum Gasteiger partial charge on any atom is -0.327 e. The van der Waals surface area contributed by atoms with Crippen LogP contribution < -0.4 is 15.5 Å². The summed E-state index contributed by atoms with van der Waals surface area (Å²) in [7, 11) is 0. The van der Waals surface area contributed by atoms with Crippen LogP contribution in [0.15, 0.2) is 30.3 Å². The fraction of sp³-hybridized carbons (Fsp3) is 0.455. The van der Waals surface area contributed by atoms with Gasteiger partial charge >= 0.3 is 0 Å². The monoisotopic (exact) mass is 398 g/mol. The minimum atomic E-state index is -0.125. The number of fused-ring (bicyclic) bond motifs is 1. The van der Waals surface area contributed by atoms with Crippen LogP contribution in [-0.4, -0.2) is 31.4 Å². The van der Waals surface area contributed by atoms with Crippen molar-refractivity contribution in [3.63, 3.8) is 0 Å². The van der Waals surface area contributed by atoms with E-state index in [2.05, 4.69) is 17.6 Å². The first-order valence-corrected chi connectivity index (χ1v) is 11.1. The topological polar surface area (TPSA) is 62.6 Å². The molecule has 1 aliphatic carbocycles. The first kappa shape index (κ1) is 19.2. The molecule has 0 radical (unpaired) electrons. The van der Waals surface area contributed by atoms with Crippen LogP contribution >= 0.6 is 11.3 Å². The van der Waals surface area contributed by atoms with Crippen molar-refractivity contribution in [1.82, 2.24) is 0 Å². The molecule has 4 rings (SSSR count). The summed E-state index contributed by atoms with van der Waals surface area (Å²) in [4.78, 5) is 28.3. The van der Waals surface area contributed by atoms with Gasteiger partial charge in [-0.05, 0) is 55.7 Å². The number of likely N-dealkylation sites (tertiary alicyclic amines) is 1. The maximum Gasteiger partial charge on any atom is 0.280 e. The second kappa shape index (κ2) is 8.45. The molecule has 0 bridgehead atoms. The van der Waals surface area contributed by atoms with E-state index in [9.17, 15) is 9.59 Å². The zero-order valence-corrected chi connectivity index (χ0v) is 17.2. The Morgan fingerprint density at radius 3 is 2.61 bits per heavy atom. The molecule has 3 N–H and O–H groups in total. The van der Waals surface area contributed by atoms with Gasteiger partial charge in [-0.1, -0.05) is 25.1 Å². The molecule has 2 heterocycles. The highest BCUT2D eigenvalue weighted by atomic mass is 32.1. The Labute approximate surface area is 170 Å². The lowest BCUT2D eigenvalue weighted by Crippen LogP contribution is -3.14. The van der Waals surface area contributed by atoms with Crippen LogP contribution in [0, 0.1) is 5.92 Å². The Hall–Kier alpha value is -2.18. The first-order valence-electron chi connectivity index (χ1n) is 10.2. The van der Waals surface area contributed by atoms with E-state index in [0.717, 1.165) is 49.5 Å². The molecule has 1 saturated heterocycles. The van der Waals surface area contributed by atoms with Crippen LogP contribution in [0.25, 0.3) is 0 Å². The predicted molar refractivity (Wildman–Crippen MR) is 113 cm³/mol. The van der Waals surface area contributed by atoms with Crippen LogP contribution in [0.1, 0.15) is 47.0 Å². The normalized spacial score (nSPS) is 21.2. The molecule has 1 aromatic carbocycles. The molecule has 1 aromatic heterocycles. The average molecular weight is 399 g/mol. The second-order valence-electron chi connectivity index (χ2n) is 8.04. The van der Waals surface area contributed by atoms with E-state index in [4.69, 9.17) is 0 Å². The summed E-state index contributed by atoms with van der Waals surface area (Å²) in [5.74, 6) is 0.652. The largest absolute Gasteiger partial charge is 0.327 e. The van der Waals surface area contributed by atoms with Crippen molar-refractivity contribution in [1.29, 1.82) is 0 Å². The fourth-order valence-electron chi connectivity index (χ4n) is 4.19. The molecule has 1 fully saturated rings. The molecule has 2 aliphatic rings. The molecule has 148 valence electrons. The van der Waals surface area contributed by atoms with Crippen molar-refractivity contribution >= 4 is 33.8 Å². The predicted octanol–water partition coefficient (Wildman–Crippen LogP) is 2.74. The van der Waals surface area contributed by atoms with Crippen molar-refractivity contribution in [3.8, 4) is 0 Å². The van der Waals surface area contributed by atoms with Gasteiger partial charge in [0.1, 0.15) is 5.00 Å². The number of hydrogen-bond acceptors (Lipinski definition) is 3. The van der Waals surface area contributed by atoms with Crippen LogP contribution in [0.4, 0.5) is 10.7 Å². The lowest BCUT2D eigenvalue weighted by Gasteiger charge is -2.26. The van der Waals surface area contributed by atoms with Gasteiger partial charge in [0.15, 0.2) is 6.54 Å². The molecule has 0 atom stereocenters. The van der Waals surface area contributed by atoms with Gasteiger partial charge in [0.05, 0.1) is 18.7 Å². The number of carbonyl (C=O) groups excluding carboxylic acids is 2. The smallest absolute Gasteiger partial charge is 0.280 e. The lowest BCUT2D eigenvalue weighted by molar-refractivity contribution is -0.897. The molecule has 0 spiro atoms. The van der Waals surface area contributed by atoms with Crippen LogP contribution in [0.2, 0.25) is 0 Å². The summed E-state index contributed by atoms with van der Waals surface area (Å²) in [6, 6.07) is 9.48. The number of quaternary nitrogens is 1. The van der Waals surface area contributed by atoms with E-state index < -0.39 is 0 Å². The molecule has 6 heteroatoms. The van der Waals surface area contributed by atoms with E-state index in [-0.39, 0.29) is 11.8 Å². The van der Waals surface area contributed by atoms with Crippen LogP contribution in [0.5, 0.6) is 0 Å². The van der Waals surface area contributed by atoms with Gasteiger partial charge in [-0.15, -0.1) is 11.3 Å². The Balaban J connectivity index is 1.48. The Morgan fingerprint density at radius 1 is 1.11 bits per heavy atom. The third kappa shape index (κ3) is 4.28. The average Bonchev–Trinajstić information content (AvgIpc) is 3.25. The van der Waals surface area contributed by atoms with Crippen LogP contribution in [0.3, 0.4) is 0 Å². The second-order valence-corrected chi connectivity index (χ2v) is 9.14. The molecule has 5 nitrogen and oxygen atoms in total. The maximum absolute atomic E-state index is 13.0. The molecular weight excluding hydrogens is 370 g/mol. The number of nitrogens with one attached hydrogen (secondary N) is 3. The van der Waals surface area contributed by atoms with Gasteiger partial charge in [-0.2, -0.15) is 0 Å². The number of thiophene rings is 1. The maximum atomic E-state index is 13.0. The SMILES string of the molecule is CC1CC[NH+](CC(=O)Nc2sc3c(c2C(=O)Nc2ccccc2)CCC3)CC1. The summed E-state index contributed by atoms with van der Waals surface area (Å²) in [5, 5.41) is 6.76. The lowest BCUT2D eigenvalue weighted by atomic mass is 9.99. The van der Waals surface area contributed by atoms with E-state index in [1.807, 2.05) is 30.3 Å². The Kier molecular flexibility index (Phi) is 5.78. The van der Waals surface area contributed by atoms with Gasteiger partial charge in [0.2, 0.25) is 0 Å². The highest BCUT2D eigenvalue weighted by Crippen LogP contribution is 2.39. The van der Waals surface area contributed by atoms with Crippen molar-refractivity contribution in [2.45, 2.75) is 39.0 Å². The molecule has 28 heavy (non-hydrogen) atoms. The van der Waals surface area contributed by atoms with Crippen molar-refractivity contribution in [2.75, 3.05) is 30.3 Å². The zero-order chi connectivity index (χ0) is 19.5.